The Morgan fingerprint density at radius 2 is 1.78 bits per heavy atom. The number of aryl methyl sites for hydroxylation is 1. The monoisotopic (exact) mass is 514 g/mol. The molecule has 1 aromatic carbocycles. The maximum absolute atomic E-state index is 13.6. The predicted octanol–water partition coefficient (Wildman–Crippen LogP) is 3.10. The first kappa shape index (κ1) is 28.0. The van der Waals surface area contributed by atoms with Gasteiger partial charge in [0.2, 0.25) is 5.91 Å². The number of carbonyl (C=O) groups excluding carboxylic acids is 4. The molecule has 0 spiro atoms. The zero-order chi connectivity index (χ0) is 27.5. The minimum absolute atomic E-state index is 0.0555. The van der Waals surface area contributed by atoms with Crippen molar-refractivity contribution in [3.8, 4) is 0 Å². The van der Waals surface area contributed by atoms with Gasteiger partial charge in [-0.25, -0.2) is 4.39 Å². The van der Waals surface area contributed by atoms with E-state index in [1.54, 1.807) is 27.8 Å². The predicted molar refractivity (Wildman–Crippen MR) is 137 cm³/mol. The molecular weight excluding hydrogens is 479 g/mol. The molecule has 1 fully saturated rings. The van der Waals surface area contributed by atoms with Crippen LogP contribution in [0.1, 0.15) is 70.8 Å². The summed E-state index contributed by atoms with van der Waals surface area (Å²) in [6, 6.07) is 4.13. The number of benzene rings is 1. The Kier molecular flexibility index (Phi) is 8.53. The summed E-state index contributed by atoms with van der Waals surface area (Å²) in [5, 5.41) is 8.33. The quantitative estimate of drug-likeness (QED) is 0.370. The van der Waals surface area contributed by atoms with E-state index in [9.17, 15) is 23.6 Å². The van der Waals surface area contributed by atoms with Crippen molar-refractivity contribution < 1.29 is 28.3 Å². The average Bonchev–Trinajstić information content (AvgIpc) is 3.08. The second kappa shape index (κ2) is 11.2. The molecule has 1 aliphatic heterocycles. The molecule has 1 aliphatic rings. The number of ether oxygens (including phenoxy) is 1. The molecule has 0 bridgehead atoms. The minimum Gasteiger partial charge on any atom is -0.381 e. The first-order valence-electron chi connectivity index (χ1n) is 12.4. The van der Waals surface area contributed by atoms with Gasteiger partial charge < -0.3 is 25.3 Å². The van der Waals surface area contributed by atoms with Crippen LogP contribution in [0.2, 0.25) is 0 Å². The first-order chi connectivity index (χ1) is 17.4. The molecule has 200 valence electrons. The van der Waals surface area contributed by atoms with E-state index in [2.05, 4.69) is 16.0 Å². The Labute approximate surface area is 216 Å². The summed E-state index contributed by atoms with van der Waals surface area (Å²) in [5.41, 5.74) is 0.651. The van der Waals surface area contributed by atoms with Crippen molar-refractivity contribution in [1.29, 1.82) is 0 Å². The number of nitrogens with one attached hydrogen (secondary N) is 3. The van der Waals surface area contributed by atoms with Gasteiger partial charge in [-0.1, -0.05) is 6.92 Å². The van der Waals surface area contributed by atoms with Gasteiger partial charge >= 0.3 is 0 Å². The molecule has 3 amide bonds. The van der Waals surface area contributed by atoms with E-state index in [-0.39, 0.29) is 55.1 Å². The summed E-state index contributed by atoms with van der Waals surface area (Å²) in [6.45, 7) is 9.22. The number of hydrogen-bond donors (Lipinski definition) is 3. The highest BCUT2D eigenvalue weighted by molar-refractivity contribution is 6.43. The fraction of sp³-hybridized carbons (Fsp3) is 0.481. The standard InChI is InChI=1S/C27H35FN4O5/c1-7-16(3)29-26(36)27(10-12-37-13-11-27)31-25(35)23(33)22-17(4)21(18(5)32(22)6)24(34)30-19-8-9-20(28)15(2)14-19/h8-9,14,16H,7,10-13H2,1-6H3,(H,29,36)(H,30,34)(H,31,35)/t16-/m0/s1. The summed E-state index contributed by atoms with van der Waals surface area (Å²) in [6.07, 6.45) is 1.20. The van der Waals surface area contributed by atoms with E-state index >= 15 is 0 Å². The number of nitrogens with zero attached hydrogens (tertiary/aromatic N) is 1. The average molecular weight is 515 g/mol. The topological polar surface area (TPSA) is 119 Å². The summed E-state index contributed by atoms with van der Waals surface area (Å²) in [5.74, 6) is -2.98. The molecule has 0 saturated carbocycles. The Morgan fingerprint density at radius 1 is 1.14 bits per heavy atom. The largest absolute Gasteiger partial charge is 0.381 e. The number of rotatable bonds is 8. The summed E-state index contributed by atoms with van der Waals surface area (Å²) in [4.78, 5) is 52.8. The highest BCUT2D eigenvalue weighted by Gasteiger charge is 2.43. The van der Waals surface area contributed by atoms with Crippen molar-refractivity contribution >= 4 is 29.2 Å². The second-order valence-corrected chi connectivity index (χ2v) is 9.67. The maximum atomic E-state index is 13.6. The summed E-state index contributed by atoms with van der Waals surface area (Å²) in [7, 11) is 1.60. The van der Waals surface area contributed by atoms with Crippen LogP contribution < -0.4 is 16.0 Å². The molecule has 0 radical (unpaired) electrons. The van der Waals surface area contributed by atoms with E-state index in [4.69, 9.17) is 4.74 Å². The highest BCUT2D eigenvalue weighted by Crippen LogP contribution is 2.26. The number of hydrogen-bond acceptors (Lipinski definition) is 5. The Bertz CT molecular complexity index is 1230. The number of ketones is 1. The van der Waals surface area contributed by atoms with E-state index in [0.29, 0.717) is 22.5 Å². The number of Topliss-reactive ketones (excluding diaryl/α,β-unsaturated/α-hetero) is 1. The smallest absolute Gasteiger partial charge is 0.294 e. The Hall–Kier alpha value is -3.53. The number of halogens is 1. The second-order valence-electron chi connectivity index (χ2n) is 9.67. The van der Waals surface area contributed by atoms with Crippen LogP contribution in [-0.4, -0.2) is 52.9 Å². The SMILES string of the molecule is CC[C@H](C)NC(=O)C1(NC(=O)C(=O)c2c(C)c(C(=O)Nc3ccc(F)c(C)c3)c(C)n2C)CCOCC1. The molecule has 1 aromatic heterocycles. The fourth-order valence-corrected chi connectivity index (χ4v) is 4.52. The zero-order valence-electron chi connectivity index (χ0n) is 22.2. The molecule has 0 unspecified atom stereocenters. The van der Waals surface area contributed by atoms with Gasteiger partial charge in [-0.3, -0.25) is 19.2 Å². The van der Waals surface area contributed by atoms with Crippen LogP contribution >= 0.6 is 0 Å². The molecule has 2 heterocycles. The van der Waals surface area contributed by atoms with Crippen molar-refractivity contribution in [2.75, 3.05) is 18.5 Å². The number of amides is 3. The summed E-state index contributed by atoms with van der Waals surface area (Å²) < 4.78 is 20.5. The van der Waals surface area contributed by atoms with Gasteiger partial charge in [0.05, 0.1) is 11.3 Å². The number of anilines is 1. The minimum atomic E-state index is -1.26. The first-order valence-corrected chi connectivity index (χ1v) is 12.4. The molecule has 10 heteroatoms. The Balaban J connectivity index is 1.87. The fourth-order valence-electron chi connectivity index (χ4n) is 4.52. The van der Waals surface area contributed by atoms with Crippen LogP contribution in [0.4, 0.5) is 10.1 Å². The lowest BCUT2D eigenvalue weighted by Crippen LogP contribution is -2.63. The van der Waals surface area contributed by atoms with E-state index in [0.717, 1.165) is 6.42 Å². The molecule has 1 atom stereocenters. The van der Waals surface area contributed by atoms with Crippen molar-refractivity contribution in [2.24, 2.45) is 7.05 Å². The van der Waals surface area contributed by atoms with Gasteiger partial charge in [0.1, 0.15) is 11.4 Å². The van der Waals surface area contributed by atoms with Crippen LogP contribution in [0.3, 0.4) is 0 Å². The van der Waals surface area contributed by atoms with Crippen molar-refractivity contribution in [1.82, 2.24) is 15.2 Å². The third-order valence-electron chi connectivity index (χ3n) is 7.12. The van der Waals surface area contributed by atoms with Gasteiger partial charge in [-0.05, 0) is 63.4 Å². The van der Waals surface area contributed by atoms with Crippen molar-refractivity contribution in [3.63, 3.8) is 0 Å². The normalized spacial score (nSPS) is 15.5. The molecule has 3 N–H and O–H groups in total. The third-order valence-corrected chi connectivity index (χ3v) is 7.12. The zero-order valence-corrected chi connectivity index (χ0v) is 22.2. The van der Waals surface area contributed by atoms with Crippen LogP contribution in [0.15, 0.2) is 18.2 Å². The molecule has 1 saturated heterocycles. The van der Waals surface area contributed by atoms with Crippen LogP contribution in [0.25, 0.3) is 0 Å². The molecule has 0 aliphatic carbocycles. The number of carbonyl (C=O) groups is 4. The van der Waals surface area contributed by atoms with E-state index in [1.165, 1.54) is 22.8 Å². The van der Waals surface area contributed by atoms with Crippen LogP contribution in [0, 0.1) is 26.6 Å². The Morgan fingerprint density at radius 3 is 2.38 bits per heavy atom. The van der Waals surface area contributed by atoms with Crippen LogP contribution in [-0.2, 0) is 21.4 Å². The van der Waals surface area contributed by atoms with Crippen molar-refractivity contribution in [2.45, 2.75) is 65.5 Å². The van der Waals surface area contributed by atoms with E-state index in [1.807, 2.05) is 13.8 Å². The highest BCUT2D eigenvalue weighted by atomic mass is 19.1. The molecular formula is C27H35FN4O5. The van der Waals surface area contributed by atoms with Gasteiger partial charge in [0.25, 0.3) is 17.6 Å². The lowest BCUT2D eigenvalue weighted by Gasteiger charge is -2.37. The lowest BCUT2D eigenvalue weighted by molar-refractivity contribution is -0.136. The summed E-state index contributed by atoms with van der Waals surface area (Å²) >= 11 is 0. The van der Waals surface area contributed by atoms with Gasteiger partial charge in [0.15, 0.2) is 0 Å². The van der Waals surface area contributed by atoms with E-state index < -0.39 is 23.1 Å². The molecule has 3 rings (SSSR count). The number of aromatic nitrogens is 1. The van der Waals surface area contributed by atoms with Crippen molar-refractivity contribution in [3.05, 3.63) is 52.1 Å². The maximum Gasteiger partial charge on any atom is 0.294 e. The molecule has 9 nitrogen and oxygen atoms in total. The third kappa shape index (κ3) is 5.74. The molecule has 37 heavy (non-hydrogen) atoms. The van der Waals surface area contributed by atoms with Gasteiger partial charge in [0, 0.05) is 50.5 Å². The molecule has 2 aromatic rings. The van der Waals surface area contributed by atoms with Gasteiger partial charge in [-0.15, -0.1) is 0 Å². The lowest BCUT2D eigenvalue weighted by atomic mass is 9.88. The van der Waals surface area contributed by atoms with Gasteiger partial charge in [-0.2, -0.15) is 0 Å². The van der Waals surface area contributed by atoms with Crippen LogP contribution in [0.5, 0.6) is 0 Å².